The molecule has 3 rings (SSSR count). The number of nitrogens with one attached hydrogen (secondary N) is 1. The first kappa shape index (κ1) is 11.1. The highest BCUT2D eigenvalue weighted by molar-refractivity contribution is 5.72. The highest BCUT2D eigenvalue weighted by Crippen LogP contribution is 2.36. The SMILES string of the molecule is COC1(c2ccc(C)o2)C=Cc2ccccc2N1. The molecule has 1 aromatic heterocycles. The maximum absolute atomic E-state index is 5.69. The minimum atomic E-state index is -0.720. The Balaban J connectivity index is 2.06. The molecule has 0 fully saturated rings. The third-order valence-electron chi connectivity index (χ3n) is 3.21. The van der Waals surface area contributed by atoms with Crippen LogP contribution < -0.4 is 5.32 Å². The smallest absolute Gasteiger partial charge is 0.217 e. The van der Waals surface area contributed by atoms with E-state index in [2.05, 4.69) is 11.4 Å². The molecule has 0 saturated heterocycles. The van der Waals surface area contributed by atoms with Crippen LogP contribution in [0.5, 0.6) is 0 Å². The quantitative estimate of drug-likeness (QED) is 0.873. The van der Waals surface area contributed by atoms with E-state index in [1.807, 2.05) is 49.4 Å². The van der Waals surface area contributed by atoms with Crippen LogP contribution in [0.15, 0.2) is 46.9 Å². The Hall–Kier alpha value is -2.00. The molecule has 1 atom stereocenters. The number of rotatable bonds is 2. The normalized spacial score (nSPS) is 21.4. The second-order valence-electron chi connectivity index (χ2n) is 4.40. The molecule has 1 aliphatic heterocycles. The topological polar surface area (TPSA) is 34.4 Å². The molecule has 1 aromatic carbocycles. The average Bonchev–Trinajstić information content (AvgIpc) is 2.85. The minimum absolute atomic E-state index is 0.720. The fourth-order valence-corrected chi connectivity index (χ4v) is 2.20. The molecule has 0 spiro atoms. The molecule has 0 amide bonds. The van der Waals surface area contributed by atoms with Gasteiger partial charge in [-0.2, -0.15) is 0 Å². The number of anilines is 1. The number of furan rings is 1. The van der Waals surface area contributed by atoms with Crippen LogP contribution in [0.1, 0.15) is 17.1 Å². The summed E-state index contributed by atoms with van der Waals surface area (Å²) in [6.45, 7) is 1.92. The van der Waals surface area contributed by atoms with Gasteiger partial charge in [0.15, 0.2) is 5.76 Å². The second kappa shape index (κ2) is 4.03. The van der Waals surface area contributed by atoms with Gasteiger partial charge in [0.1, 0.15) is 5.76 Å². The summed E-state index contributed by atoms with van der Waals surface area (Å²) in [5.74, 6) is 1.63. The molecule has 0 saturated carbocycles. The number of methoxy groups -OCH3 is 1. The van der Waals surface area contributed by atoms with Gasteiger partial charge >= 0.3 is 0 Å². The molecule has 1 unspecified atom stereocenters. The Bertz CT molecular complexity index is 600. The lowest BCUT2D eigenvalue weighted by atomic mass is 10.0. The number of hydrogen-bond donors (Lipinski definition) is 1. The summed E-state index contributed by atoms with van der Waals surface area (Å²) >= 11 is 0. The molecular weight excluding hydrogens is 226 g/mol. The lowest BCUT2D eigenvalue weighted by molar-refractivity contribution is 0.0349. The first-order chi connectivity index (χ1) is 8.73. The monoisotopic (exact) mass is 241 g/mol. The van der Waals surface area contributed by atoms with E-state index in [1.165, 1.54) is 0 Å². The van der Waals surface area contributed by atoms with Crippen molar-refractivity contribution >= 4 is 11.8 Å². The zero-order valence-electron chi connectivity index (χ0n) is 10.4. The van der Waals surface area contributed by atoms with Gasteiger partial charge in [-0.1, -0.05) is 24.3 Å². The lowest BCUT2D eigenvalue weighted by Gasteiger charge is -2.32. The van der Waals surface area contributed by atoms with Crippen molar-refractivity contribution in [2.75, 3.05) is 12.4 Å². The number of benzene rings is 1. The van der Waals surface area contributed by atoms with E-state index in [0.717, 1.165) is 22.8 Å². The van der Waals surface area contributed by atoms with Gasteiger partial charge in [-0.15, -0.1) is 0 Å². The molecule has 3 nitrogen and oxygen atoms in total. The first-order valence-corrected chi connectivity index (χ1v) is 5.92. The van der Waals surface area contributed by atoms with E-state index in [1.54, 1.807) is 7.11 Å². The summed E-state index contributed by atoms with van der Waals surface area (Å²) < 4.78 is 11.3. The standard InChI is InChI=1S/C15H15NO2/c1-11-7-8-14(18-11)15(17-2)10-9-12-5-3-4-6-13(12)16-15/h3-10,16H,1-2H3. The van der Waals surface area contributed by atoms with Gasteiger partial charge in [0.05, 0.1) is 0 Å². The first-order valence-electron chi connectivity index (χ1n) is 5.92. The second-order valence-corrected chi connectivity index (χ2v) is 4.40. The van der Waals surface area contributed by atoms with Gasteiger partial charge in [-0.25, -0.2) is 0 Å². The van der Waals surface area contributed by atoms with Crippen LogP contribution in [0, 0.1) is 6.92 Å². The molecule has 0 bridgehead atoms. The largest absolute Gasteiger partial charge is 0.461 e. The van der Waals surface area contributed by atoms with Crippen molar-refractivity contribution in [2.24, 2.45) is 0 Å². The summed E-state index contributed by atoms with van der Waals surface area (Å²) in [5, 5.41) is 3.39. The van der Waals surface area contributed by atoms with Gasteiger partial charge in [0.25, 0.3) is 0 Å². The van der Waals surface area contributed by atoms with Crippen molar-refractivity contribution in [3.63, 3.8) is 0 Å². The molecule has 1 aliphatic rings. The van der Waals surface area contributed by atoms with Crippen LogP contribution in [-0.2, 0) is 10.5 Å². The summed E-state index contributed by atoms with van der Waals surface area (Å²) in [7, 11) is 1.67. The van der Waals surface area contributed by atoms with Crippen LogP contribution in [-0.4, -0.2) is 7.11 Å². The molecule has 0 aliphatic carbocycles. The van der Waals surface area contributed by atoms with Crippen molar-refractivity contribution in [2.45, 2.75) is 12.6 Å². The van der Waals surface area contributed by atoms with Gasteiger partial charge in [0.2, 0.25) is 5.72 Å². The van der Waals surface area contributed by atoms with Gasteiger partial charge in [-0.3, -0.25) is 0 Å². The van der Waals surface area contributed by atoms with Crippen LogP contribution >= 0.6 is 0 Å². The molecule has 2 heterocycles. The molecule has 1 N–H and O–H groups in total. The van der Waals surface area contributed by atoms with Crippen molar-refractivity contribution in [3.05, 3.63) is 59.6 Å². The van der Waals surface area contributed by atoms with Crippen LogP contribution in [0.3, 0.4) is 0 Å². The maximum Gasteiger partial charge on any atom is 0.217 e. The number of para-hydroxylation sites is 1. The predicted molar refractivity (Wildman–Crippen MR) is 71.2 cm³/mol. The molecule has 2 aromatic rings. The van der Waals surface area contributed by atoms with E-state index >= 15 is 0 Å². The fraction of sp³-hybridized carbons (Fsp3) is 0.200. The molecular formula is C15H15NO2. The number of hydrogen-bond acceptors (Lipinski definition) is 3. The van der Waals surface area contributed by atoms with E-state index < -0.39 is 5.72 Å². The van der Waals surface area contributed by atoms with Gasteiger partial charge in [-0.05, 0) is 36.8 Å². The Morgan fingerprint density at radius 1 is 1.17 bits per heavy atom. The van der Waals surface area contributed by atoms with Crippen molar-refractivity contribution in [1.82, 2.24) is 0 Å². The Labute approximate surface area is 106 Å². The summed E-state index contributed by atoms with van der Waals surface area (Å²) in [5.41, 5.74) is 1.46. The van der Waals surface area contributed by atoms with E-state index in [0.29, 0.717) is 0 Å². The third-order valence-corrected chi connectivity index (χ3v) is 3.21. The molecule has 92 valence electrons. The van der Waals surface area contributed by atoms with Crippen molar-refractivity contribution in [1.29, 1.82) is 0 Å². The van der Waals surface area contributed by atoms with Crippen LogP contribution in [0.4, 0.5) is 5.69 Å². The number of ether oxygens (including phenoxy) is 1. The van der Waals surface area contributed by atoms with E-state index in [9.17, 15) is 0 Å². The van der Waals surface area contributed by atoms with Gasteiger partial charge < -0.3 is 14.5 Å². The van der Waals surface area contributed by atoms with Gasteiger partial charge in [0, 0.05) is 12.8 Å². The maximum atomic E-state index is 5.69. The Morgan fingerprint density at radius 2 is 2.00 bits per heavy atom. The highest BCUT2D eigenvalue weighted by atomic mass is 16.5. The van der Waals surface area contributed by atoms with Crippen molar-refractivity contribution < 1.29 is 9.15 Å². The lowest BCUT2D eigenvalue weighted by Crippen LogP contribution is -2.36. The minimum Gasteiger partial charge on any atom is -0.461 e. The molecule has 3 heteroatoms. The highest BCUT2D eigenvalue weighted by Gasteiger charge is 2.35. The van der Waals surface area contributed by atoms with Crippen LogP contribution in [0.2, 0.25) is 0 Å². The third kappa shape index (κ3) is 1.64. The predicted octanol–water partition coefficient (Wildman–Crippen LogP) is 3.53. The zero-order chi connectivity index (χ0) is 12.6. The molecule has 18 heavy (non-hydrogen) atoms. The fourth-order valence-electron chi connectivity index (χ4n) is 2.20. The number of aryl methyl sites for hydroxylation is 1. The van der Waals surface area contributed by atoms with Crippen LogP contribution in [0.25, 0.3) is 6.08 Å². The number of fused-ring (bicyclic) bond motifs is 1. The summed E-state index contributed by atoms with van der Waals surface area (Å²) in [6.07, 6.45) is 4.03. The Morgan fingerprint density at radius 3 is 2.72 bits per heavy atom. The zero-order valence-corrected chi connectivity index (χ0v) is 10.4. The van der Waals surface area contributed by atoms with Crippen molar-refractivity contribution in [3.8, 4) is 0 Å². The average molecular weight is 241 g/mol. The Kier molecular flexibility index (Phi) is 2.49. The molecule has 0 radical (unpaired) electrons. The van der Waals surface area contributed by atoms with E-state index in [4.69, 9.17) is 9.15 Å². The van der Waals surface area contributed by atoms with E-state index in [-0.39, 0.29) is 0 Å². The summed E-state index contributed by atoms with van der Waals surface area (Å²) in [6, 6.07) is 12.0. The summed E-state index contributed by atoms with van der Waals surface area (Å²) in [4.78, 5) is 0.